The maximum absolute atomic E-state index is 5.61. The Morgan fingerprint density at radius 1 is 1.27 bits per heavy atom. The van der Waals surface area contributed by atoms with Gasteiger partial charge in [0.05, 0.1) is 17.8 Å². The number of nitrogens with zero attached hydrogens (tertiary/aromatic N) is 3. The summed E-state index contributed by atoms with van der Waals surface area (Å²) in [6, 6.07) is 10.5. The molecule has 1 aliphatic rings. The quantitative estimate of drug-likeness (QED) is 0.879. The highest BCUT2D eigenvalue weighted by atomic mass is 32.1. The Morgan fingerprint density at radius 2 is 2.09 bits per heavy atom. The van der Waals surface area contributed by atoms with E-state index >= 15 is 0 Å². The van der Waals surface area contributed by atoms with Crippen molar-refractivity contribution in [1.29, 1.82) is 0 Å². The van der Waals surface area contributed by atoms with Crippen molar-refractivity contribution in [1.82, 2.24) is 19.8 Å². The van der Waals surface area contributed by atoms with E-state index in [1.807, 2.05) is 18.3 Å². The summed E-state index contributed by atoms with van der Waals surface area (Å²) in [6.07, 6.45) is 3.92. The molecule has 0 radical (unpaired) electrons. The van der Waals surface area contributed by atoms with Crippen LogP contribution in [0.25, 0.3) is 0 Å². The van der Waals surface area contributed by atoms with Gasteiger partial charge < -0.3 is 14.8 Å². The summed E-state index contributed by atoms with van der Waals surface area (Å²) < 4.78 is 2.17. The number of hydrogen-bond acceptors (Lipinski definition) is 2. The molecule has 2 aromatic rings. The second-order valence-electron chi connectivity index (χ2n) is 6.22. The Morgan fingerprint density at radius 3 is 2.68 bits per heavy atom. The van der Waals surface area contributed by atoms with Gasteiger partial charge in [0.25, 0.3) is 0 Å². The molecule has 4 nitrogen and oxygen atoms in total. The lowest BCUT2D eigenvalue weighted by Gasteiger charge is -2.29. The number of aromatic nitrogens is 2. The molecule has 2 atom stereocenters. The number of hydrogen-bond donors (Lipinski definition) is 1. The van der Waals surface area contributed by atoms with E-state index in [9.17, 15) is 0 Å². The molecule has 1 N–H and O–H groups in total. The third-order valence-electron chi connectivity index (χ3n) is 4.05. The minimum Gasteiger partial charge on any atom is -0.353 e. The minimum atomic E-state index is 0.0843. The molecule has 0 unspecified atom stereocenters. The van der Waals surface area contributed by atoms with Crippen LogP contribution in [0.3, 0.4) is 0 Å². The molecule has 0 amide bonds. The van der Waals surface area contributed by atoms with Crippen LogP contribution in [0, 0.1) is 5.92 Å². The maximum Gasteiger partial charge on any atom is 0.170 e. The fraction of sp³-hybridized carbons (Fsp3) is 0.412. The van der Waals surface area contributed by atoms with Crippen molar-refractivity contribution in [2.24, 2.45) is 13.0 Å². The Hall–Kier alpha value is -1.88. The monoisotopic (exact) mass is 314 g/mol. The molecular weight excluding hydrogens is 292 g/mol. The molecule has 0 spiro atoms. The first-order valence-electron chi connectivity index (χ1n) is 7.67. The zero-order valence-electron chi connectivity index (χ0n) is 13.2. The van der Waals surface area contributed by atoms with Crippen molar-refractivity contribution in [2.75, 3.05) is 6.54 Å². The van der Waals surface area contributed by atoms with E-state index in [4.69, 9.17) is 12.2 Å². The zero-order valence-corrected chi connectivity index (χ0v) is 14.0. The van der Waals surface area contributed by atoms with E-state index < -0.39 is 0 Å². The largest absolute Gasteiger partial charge is 0.353 e. The van der Waals surface area contributed by atoms with E-state index in [0.29, 0.717) is 5.92 Å². The molecule has 116 valence electrons. The Labute approximate surface area is 137 Å². The number of thiocarbonyl (C=S) groups is 1. The molecule has 1 fully saturated rings. The fourth-order valence-corrected chi connectivity index (χ4v) is 3.41. The first kappa shape index (κ1) is 15.0. The van der Waals surface area contributed by atoms with Gasteiger partial charge in [0.15, 0.2) is 5.11 Å². The highest BCUT2D eigenvalue weighted by molar-refractivity contribution is 7.80. The summed E-state index contributed by atoms with van der Waals surface area (Å²) in [5.41, 5.74) is 2.28. The van der Waals surface area contributed by atoms with Crippen LogP contribution < -0.4 is 5.32 Å². The Kier molecular flexibility index (Phi) is 4.16. The van der Waals surface area contributed by atoms with Gasteiger partial charge >= 0.3 is 0 Å². The predicted molar refractivity (Wildman–Crippen MR) is 92.4 cm³/mol. The van der Waals surface area contributed by atoms with Crippen LogP contribution in [0.4, 0.5) is 0 Å². The molecule has 3 rings (SSSR count). The average Bonchev–Trinajstić information content (AvgIpc) is 3.04. The first-order valence-corrected chi connectivity index (χ1v) is 8.08. The highest BCUT2D eigenvalue weighted by Crippen LogP contribution is 2.38. The molecule has 0 aliphatic carbocycles. The number of nitrogens with one attached hydrogen (secondary N) is 1. The summed E-state index contributed by atoms with van der Waals surface area (Å²) in [5.74, 6) is 0.546. The van der Waals surface area contributed by atoms with Crippen LogP contribution in [0.5, 0.6) is 0 Å². The molecule has 22 heavy (non-hydrogen) atoms. The highest BCUT2D eigenvalue weighted by Gasteiger charge is 2.40. The van der Waals surface area contributed by atoms with Gasteiger partial charge in [-0.2, -0.15) is 0 Å². The molecule has 0 saturated carbocycles. The minimum absolute atomic E-state index is 0.0843. The van der Waals surface area contributed by atoms with Crippen LogP contribution in [-0.4, -0.2) is 26.1 Å². The zero-order chi connectivity index (χ0) is 15.7. The van der Waals surface area contributed by atoms with Crippen molar-refractivity contribution < 1.29 is 0 Å². The second-order valence-corrected chi connectivity index (χ2v) is 6.60. The van der Waals surface area contributed by atoms with Crippen molar-refractivity contribution in [2.45, 2.75) is 25.9 Å². The predicted octanol–water partition coefficient (Wildman–Crippen LogP) is 3.05. The van der Waals surface area contributed by atoms with E-state index in [2.05, 4.69) is 65.1 Å². The topological polar surface area (TPSA) is 33.1 Å². The lowest BCUT2D eigenvalue weighted by molar-refractivity contribution is 0.278. The summed E-state index contributed by atoms with van der Waals surface area (Å²) in [6.45, 7) is 5.38. The van der Waals surface area contributed by atoms with Gasteiger partial charge in [0.2, 0.25) is 0 Å². The molecular formula is C17H22N4S. The third kappa shape index (κ3) is 2.73. The summed E-state index contributed by atoms with van der Waals surface area (Å²) in [7, 11) is 2.08. The average molecular weight is 314 g/mol. The summed E-state index contributed by atoms with van der Waals surface area (Å²) in [5, 5.41) is 4.29. The van der Waals surface area contributed by atoms with Gasteiger partial charge in [-0.15, -0.1) is 0 Å². The molecule has 0 aromatic carbocycles. The van der Waals surface area contributed by atoms with E-state index in [1.165, 1.54) is 5.69 Å². The standard InChI is InChI=1S/C17H22N4S/c1-12(2)11-21-16(14-8-6-10-20(14)3)15(19-17(21)22)13-7-4-5-9-18-13/h4-10,12,15-16H,11H2,1-3H3,(H,19,22)/t15-,16+/m0/s1. The first-order chi connectivity index (χ1) is 10.6. The molecule has 0 bridgehead atoms. The Balaban J connectivity index is 2.02. The summed E-state index contributed by atoms with van der Waals surface area (Å²) in [4.78, 5) is 6.84. The van der Waals surface area contributed by atoms with Gasteiger partial charge in [0.1, 0.15) is 0 Å². The molecule has 1 aliphatic heterocycles. The van der Waals surface area contributed by atoms with Gasteiger partial charge in [-0.05, 0) is 42.4 Å². The van der Waals surface area contributed by atoms with Crippen LogP contribution in [0.2, 0.25) is 0 Å². The van der Waals surface area contributed by atoms with Crippen molar-refractivity contribution >= 4 is 17.3 Å². The van der Waals surface area contributed by atoms with E-state index in [1.54, 1.807) is 0 Å². The van der Waals surface area contributed by atoms with Crippen LogP contribution in [0.15, 0.2) is 42.7 Å². The smallest absolute Gasteiger partial charge is 0.170 e. The van der Waals surface area contributed by atoms with E-state index in [0.717, 1.165) is 17.4 Å². The van der Waals surface area contributed by atoms with Crippen LogP contribution >= 0.6 is 12.2 Å². The lowest BCUT2D eigenvalue weighted by atomic mass is 10.0. The van der Waals surface area contributed by atoms with Crippen molar-refractivity contribution in [3.63, 3.8) is 0 Å². The lowest BCUT2D eigenvalue weighted by Crippen LogP contribution is -2.33. The van der Waals surface area contributed by atoms with Crippen molar-refractivity contribution in [3.05, 3.63) is 54.1 Å². The number of aryl methyl sites for hydroxylation is 1. The summed E-state index contributed by atoms with van der Waals surface area (Å²) >= 11 is 5.61. The fourth-order valence-electron chi connectivity index (χ4n) is 3.10. The Bertz CT molecular complexity index is 650. The van der Waals surface area contributed by atoms with Gasteiger partial charge in [-0.3, -0.25) is 4.98 Å². The second kappa shape index (κ2) is 6.08. The van der Waals surface area contributed by atoms with Crippen LogP contribution in [0.1, 0.15) is 37.3 Å². The van der Waals surface area contributed by atoms with Gasteiger partial charge in [-0.25, -0.2) is 0 Å². The van der Waals surface area contributed by atoms with E-state index in [-0.39, 0.29) is 12.1 Å². The molecule has 3 heterocycles. The normalized spacial score (nSPS) is 21.5. The maximum atomic E-state index is 5.61. The van der Waals surface area contributed by atoms with Crippen LogP contribution in [-0.2, 0) is 7.05 Å². The molecule has 1 saturated heterocycles. The number of pyridine rings is 1. The third-order valence-corrected chi connectivity index (χ3v) is 4.40. The van der Waals surface area contributed by atoms with Gasteiger partial charge in [-0.1, -0.05) is 19.9 Å². The number of rotatable bonds is 4. The molecule has 5 heteroatoms. The van der Waals surface area contributed by atoms with Crippen molar-refractivity contribution in [3.8, 4) is 0 Å². The van der Waals surface area contributed by atoms with Gasteiger partial charge in [0, 0.05) is 31.7 Å². The SMILES string of the molecule is CC(C)CN1C(=S)N[C@@H](c2ccccn2)[C@H]1c1cccn1C. The molecule has 2 aromatic heterocycles.